The van der Waals surface area contributed by atoms with Crippen molar-refractivity contribution in [2.75, 3.05) is 20.1 Å². The predicted octanol–water partition coefficient (Wildman–Crippen LogP) is -0.349. The van der Waals surface area contributed by atoms with Crippen LogP contribution in [0.5, 0.6) is 0 Å². The minimum atomic E-state index is -0.799. The summed E-state index contributed by atoms with van der Waals surface area (Å²) >= 11 is 0. The first kappa shape index (κ1) is 16.2. The lowest BCUT2D eigenvalue weighted by molar-refractivity contribution is -0.135. The molecular weight excluding hydrogens is 258 g/mol. The van der Waals surface area contributed by atoms with Gasteiger partial charge in [0.05, 0.1) is 12.7 Å². The first-order chi connectivity index (χ1) is 9.31. The van der Waals surface area contributed by atoms with Gasteiger partial charge in [0.1, 0.15) is 6.04 Å². The second-order valence-corrected chi connectivity index (χ2v) is 5.32. The quantitative estimate of drug-likeness (QED) is 0.745. The molecule has 7 heteroatoms. The normalized spacial score (nSPS) is 12.3. The Morgan fingerprint density at radius 3 is 2.65 bits per heavy atom. The lowest BCUT2D eigenvalue weighted by Gasteiger charge is -2.20. The van der Waals surface area contributed by atoms with E-state index in [1.165, 1.54) is 4.90 Å². The fourth-order valence-corrected chi connectivity index (χ4v) is 1.65. The van der Waals surface area contributed by atoms with Crippen molar-refractivity contribution in [2.45, 2.75) is 19.9 Å². The van der Waals surface area contributed by atoms with Crippen molar-refractivity contribution in [3.05, 3.63) is 18.0 Å². The number of carbonyl (C=O) groups is 2. The molecule has 7 nitrogen and oxygen atoms in total. The van der Waals surface area contributed by atoms with Crippen LogP contribution in [0.3, 0.4) is 0 Å². The van der Waals surface area contributed by atoms with Crippen LogP contribution >= 0.6 is 0 Å². The van der Waals surface area contributed by atoms with Crippen molar-refractivity contribution in [1.29, 1.82) is 0 Å². The molecule has 0 aliphatic heterocycles. The summed E-state index contributed by atoms with van der Waals surface area (Å²) in [7, 11) is 3.32. The Bertz CT molecular complexity index is 469. The highest BCUT2D eigenvalue weighted by Gasteiger charge is 2.22. The van der Waals surface area contributed by atoms with Gasteiger partial charge in [0.25, 0.3) is 0 Å². The van der Waals surface area contributed by atoms with Crippen LogP contribution in [-0.4, -0.2) is 46.6 Å². The van der Waals surface area contributed by atoms with Crippen molar-refractivity contribution in [3.63, 3.8) is 0 Å². The van der Waals surface area contributed by atoms with Crippen LogP contribution in [0.25, 0.3) is 0 Å². The third kappa shape index (κ3) is 4.65. The largest absolute Gasteiger partial charge is 0.354 e. The first-order valence-corrected chi connectivity index (χ1v) is 6.57. The zero-order valence-corrected chi connectivity index (χ0v) is 12.5. The van der Waals surface area contributed by atoms with Gasteiger partial charge in [-0.2, -0.15) is 5.10 Å². The fraction of sp³-hybridized carbons (Fsp3) is 0.615. The molecule has 1 aromatic rings. The van der Waals surface area contributed by atoms with E-state index in [0.717, 1.165) is 0 Å². The third-order valence-corrected chi connectivity index (χ3v) is 2.81. The SMILES string of the molecule is CC(C)CNC(=O)CN(C)C(=O)C(N)c1cnn(C)c1. The van der Waals surface area contributed by atoms with E-state index in [4.69, 9.17) is 5.73 Å². The molecule has 1 aromatic heterocycles. The van der Waals surface area contributed by atoms with Crippen LogP contribution in [-0.2, 0) is 16.6 Å². The van der Waals surface area contributed by atoms with Gasteiger partial charge in [-0.3, -0.25) is 14.3 Å². The van der Waals surface area contributed by atoms with Crippen molar-refractivity contribution >= 4 is 11.8 Å². The average molecular weight is 281 g/mol. The van der Waals surface area contributed by atoms with Crippen LogP contribution in [0.15, 0.2) is 12.4 Å². The summed E-state index contributed by atoms with van der Waals surface area (Å²) in [5, 5.41) is 6.74. The zero-order valence-electron chi connectivity index (χ0n) is 12.5. The monoisotopic (exact) mass is 281 g/mol. The van der Waals surface area contributed by atoms with Gasteiger partial charge in [0.2, 0.25) is 11.8 Å². The van der Waals surface area contributed by atoms with Crippen molar-refractivity contribution < 1.29 is 9.59 Å². The molecule has 112 valence electrons. The first-order valence-electron chi connectivity index (χ1n) is 6.57. The van der Waals surface area contributed by atoms with E-state index < -0.39 is 6.04 Å². The Morgan fingerprint density at radius 1 is 1.50 bits per heavy atom. The molecule has 1 unspecified atom stereocenters. The second-order valence-electron chi connectivity index (χ2n) is 5.32. The number of hydrogen-bond donors (Lipinski definition) is 2. The summed E-state index contributed by atoms with van der Waals surface area (Å²) in [5.41, 5.74) is 6.51. The molecule has 2 amide bonds. The summed E-state index contributed by atoms with van der Waals surface area (Å²) < 4.78 is 1.58. The fourth-order valence-electron chi connectivity index (χ4n) is 1.65. The van der Waals surface area contributed by atoms with Crippen LogP contribution in [0.4, 0.5) is 0 Å². The molecule has 1 rings (SSSR count). The number of aromatic nitrogens is 2. The molecule has 0 fully saturated rings. The maximum Gasteiger partial charge on any atom is 0.244 e. The van der Waals surface area contributed by atoms with Gasteiger partial charge in [-0.1, -0.05) is 13.8 Å². The zero-order chi connectivity index (χ0) is 15.3. The number of aryl methyl sites for hydroxylation is 1. The standard InChI is InChI=1S/C13H23N5O2/c1-9(2)5-15-11(19)8-17(3)13(20)12(14)10-6-16-18(4)7-10/h6-7,9,12H,5,8,14H2,1-4H3,(H,15,19). The molecule has 0 saturated heterocycles. The lowest BCUT2D eigenvalue weighted by atomic mass is 10.1. The number of amides is 2. The van der Waals surface area contributed by atoms with Crippen molar-refractivity contribution in [3.8, 4) is 0 Å². The van der Waals surface area contributed by atoms with Gasteiger partial charge >= 0.3 is 0 Å². The summed E-state index contributed by atoms with van der Waals surface area (Å²) in [6.45, 7) is 4.61. The van der Waals surface area contributed by atoms with E-state index in [1.807, 2.05) is 13.8 Å². The Balaban J connectivity index is 2.52. The van der Waals surface area contributed by atoms with Gasteiger partial charge < -0.3 is 16.0 Å². The van der Waals surface area contributed by atoms with Gasteiger partial charge in [-0.25, -0.2) is 0 Å². The molecule has 0 aliphatic rings. The second kappa shape index (κ2) is 7.04. The van der Waals surface area contributed by atoms with Gasteiger partial charge in [-0.15, -0.1) is 0 Å². The summed E-state index contributed by atoms with van der Waals surface area (Å²) in [6, 6.07) is -0.799. The molecule has 3 N–H and O–H groups in total. The number of nitrogens with zero attached hydrogens (tertiary/aromatic N) is 3. The molecule has 20 heavy (non-hydrogen) atoms. The van der Waals surface area contributed by atoms with Crippen LogP contribution in [0, 0.1) is 5.92 Å². The molecule has 0 spiro atoms. The molecule has 0 saturated carbocycles. The van der Waals surface area contributed by atoms with Gasteiger partial charge in [0.15, 0.2) is 0 Å². The molecular formula is C13H23N5O2. The maximum atomic E-state index is 12.1. The molecule has 0 radical (unpaired) electrons. The van der Waals surface area contributed by atoms with E-state index in [0.29, 0.717) is 18.0 Å². The Kier molecular flexibility index (Phi) is 5.69. The third-order valence-electron chi connectivity index (χ3n) is 2.81. The predicted molar refractivity (Wildman–Crippen MR) is 75.6 cm³/mol. The molecule has 0 aromatic carbocycles. The van der Waals surface area contributed by atoms with E-state index in [-0.39, 0.29) is 18.4 Å². The van der Waals surface area contributed by atoms with E-state index in [9.17, 15) is 9.59 Å². The van der Waals surface area contributed by atoms with Crippen molar-refractivity contribution in [2.24, 2.45) is 18.7 Å². The number of rotatable bonds is 6. The smallest absolute Gasteiger partial charge is 0.244 e. The minimum Gasteiger partial charge on any atom is -0.354 e. The van der Waals surface area contributed by atoms with Gasteiger partial charge in [0, 0.05) is 32.4 Å². The molecule has 1 atom stereocenters. The molecule has 1 heterocycles. The van der Waals surface area contributed by atoms with E-state index in [2.05, 4.69) is 10.4 Å². The minimum absolute atomic E-state index is 0.000481. The van der Waals surface area contributed by atoms with E-state index >= 15 is 0 Å². The Morgan fingerprint density at radius 2 is 2.15 bits per heavy atom. The number of likely N-dealkylation sites (N-methyl/N-ethyl adjacent to an activating group) is 1. The van der Waals surface area contributed by atoms with E-state index in [1.54, 1.807) is 31.2 Å². The molecule has 0 bridgehead atoms. The number of nitrogens with one attached hydrogen (secondary N) is 1. The summed E-state index contributed by atoms with van der Waals surface area (Å²) in [6.07, 6.45) is 3.24. The maximum absolute atomic E-state index is 12.1. The summed E-state index contributed by atoms with van der Waals surface area (Å²) in [4.78, 5) is 25.1. The summed E-state index contributed by atoms with van der Waals surface area (Å²) in [5.74, 6) is -0.122. The van der Waals surface area contributed by atoms with Crippen LogP contribution in [0.1, 0.15) is 25.5 Å². The Hall–Kier alpha value is -1.89. The molecule has 0 aliphatic carbocycles. The highest BCUT2D eigenvalue weighted by Crippen LogP contribution is 2.11. The number of nitrogens with two attached hydrogens (primary N) is 1. The number of carbonyl (C=O) groups excluding carboxylic acids is 2. The highest BCUT2D eigenvalue weighted by molar-refractivity contribution is 5.87. The average Bonchev–Trinajstić information content (AvgIpc) is 2.81. The Labute approximate surface area is 119 Å². The van der Waals surface area contributed by atoms with Gasteiger partial charge in [-0.05, 0) is 5.92 Å². The van der Waals surface area contributed by atoms with Crippen molar-refractivity contribution in [1.82, 2.24) is 20.0 Å². The topological polar surface area (TPSA) is 93.2 Å². The van der Waals surface area contributed by atoms with Crippen LogP contribution in [0.2, 0.25) is 0 Å². The lowest BCUT2D eigenvalue weighted by Crippen LogP contribution is -2.42. The van der Waals surface area contributed by atoms with Crippen LogP contribution < -0.4 is 11.1 Å². The number of hydrogen-bond acceptors (Lipinski definition) is 4. The highest BCUT2D eigenvalue weighted by atomic mass is 16.2.